The molecule has 0 radical (unpaired) electrons. The summed E-state index contributed by atoms with van der Waals surface area (Å²) in [5, 5.41) is 8.62. The minimum Gasteiger partial charge on any atom is -0.324 e. The van der Waals surface area contributed by atoms with E-state index in [9.17, 15) is 17.6 Å². The number of rotatable bonds is 4. The van der Waals surface area contributed by atoms with Gasteiger partial charge in [-0.2, -0.15) is 18.2 Å². The molecule has 0 saturated heterocycles. The summed E-state index contributed by atoms with van der Waals surface area (Å²) in [4.78, 5) is 7.30. The van der Waals surface area contributed by atoms with Crippen LogP contribution in [-0.2, 0) is 6.18 Å². The molecule has 1 aromatic heterocycles. The van der Waals surface area contributed by atoms with Gasteiger partial charge in [-0.25, -0.2) is 14.5 Å². The number of hydrogen-bond donors (Lipinski definition) is 2. The molecule has 0 saturated carbocycles. The number of halogens is 4. The Kier molecular flexibility index (Phi) is 4.45. The SMILES string of the molecule is C=Nc1n[nH]c(Nc2cc(F)c(-c3ccc(C)cc3)c(C(F)(F)F)c2)n1. The zero-order chi connectivity index (χ0) is 18.9. The monoisotopic (exact) mass is 363 g/mol. The van der Waals surface area contributed by atoms with Crippen LogP contribution in [0.2, 0.25) is 0 Å². The summed E-state index contributed by atoms with van der Waals surface area (Å²) in [6.45, 7) is 5.02. The maximum Gasteiger partial charge on any atom is 0.417 e. The van der Waals surface area contributed by atoms with Gasteiger partial charge in [-0.3, -0.25) is 0 Å². The van der Waals surface area contributed by atoms with E-state index >= 15 is 0 Å². The van der Waals surface area contributed by atoms with Crippen LogP contribution in [0.15, 0.2) is 41.4 Å². The molecule has 0 unspecified atom stereocenters. The number of H-pyrrole nitrogens is 1. The van der Waals surface area contributed by atoms with Gasteiger partial charge in [-0.05, 0) is 31.3 Å². The van der Waals surface area contributed by atoms with E-state index < -0.39 is 23.1 Å². The summed E-state index contributed by atoms with van der Waals surface area (Å²) in [6.07, 6.45) is -4.74. The quantitative estimate of drug-likeness (QED) is 0.506. The highest BCUT2D eigenvalue weighted by molar-refractivity contribution is 5.73. The highest BCUT2D eigenvalue weighted by Crippen LogP contribution is 2.40. The number of aryl methyl sites for hydroxylation is 1. The Morgan fingerprint density at radius 3 is 2.42 bits per heavy atom. The van der Waals surface area contributed by atoms with Crippen molar-refractivity contribution in [3.8, 4) is 11.1 Å². The second kappa shape index (κ2) is 6.58. The van der Waals surface area contributed by atoms with Gasteiger partial charge in [0.2, 0.25) is 5.95 Å². The lowest BCUT2D eigenvalue weighted by Crippen LogP contribution is -2.10. The molecule has 9 heteroatoms. The number of aromatic amines is 1. The number of nitrogens with zero attached hydrogens (tertiary/aromatic N) is 3. The fourth-order valence-corrected chi connectivity index (χ4v) is 2.43. The van der Waals surface area contributed by atoms with E-state index in [1.54, 1.807) is 19.1 Å². The predicted octanol–water partition coefficient (Wildman–Crippen LogP) is 5.01. The summed E-state index contributed by atoms with van der Waals surface area (Å²) in [6, 6.07) is 7.94. The molecule has 134 valence electrons. The normalized spacial score (nSPS) is 11.4. The van der Waals surface area contributed by atoms with Crippen molar-refractivity contribution in [3.63, 3.8) is 0 Å². The van der Waals surface area contributed by atoms with Crippen molar-refractivity contribution >= 4 is 24.3 Å². The molecule has 0 aliphatic carbocycles. The van der Waals surface area contributed by atoms with Gasteiger partial charge in [0, 0.05) is 11.3 Å². The van der Waals surface area contributed by atoms with E-state index in [1.165, 1.54) is 12.1 Å². The van der Waals surface area contributed by atoms with E-state index in [0.717, 1.165) is 17.7 Å². The minimum atomic E-state index is -4.74. The number of alkyl halides is 3. The average molecular weight is 363 g/mol. The van der Waals surface area contributed by atoms with Crippen molar-refractivity contribution in [3.05, 3.63) is 53.3 Å². The Bertz CT molecular complexity index is 945. The van der Waals surface area contributed by atoms with Crippen LogP contribution in [0.1, 0.15) is 11.1 Å². The maximum atomic E-state index is 14.6. The van der Waals surface area contributed by atoms with Crippen LogP contribution in [0.25, 0.3) is 11.1 Å². The standard InChI is InChI=1S/C17H13F4N5/c1-9-3-5-10(6-4-9)14-12(17(19,20)21)7-11(8-13(14)18)23-16-24-15(22-2)25-26-16/h3-8H,2H2,1H3,(H2,23,24,25,26). The summed E-state index contributed by atoms with van der Waals surface area (Å²) in [7, 11) is 0. The lowest BCUT2D eigenvalue weighted by Gasteiger charge is -2.16. The Hall–Kier alpha value is -3.23. The Labute approximate surface area is 145 Å². The van der Waals surface area contributed by atoms with Gasteiger partial charge in [0.1, 0.15) is 5.82 Å². The number of aromatic nitrogens is 3. The van der Waals surface area contributed by atoms with E-state index in [1.807, 2.05) is 0 Å². The maximum absolute atomic E-state index is 14.6. The number of aliphatic imine (C=N–C) groups is 1. The first kappa shape index (κ1) is 17.6. The van der Waals surface area contributed by atoms with Crippen molar-refractivity contribution < 1.29 is 17.6 Å². The van der Waals surface area contributed by atoms with Gasteiger partial charge in [0.15, 0.2) is 0 Å². The second-order valence-electron chi connectivity index (χ2n) is 5.51. The Balaban J connectivity index is 2.08. The number of anilines is 2. The van der Waals surface area contributed by atoms with Crippen molar-refractivity contribution in [2.75, 3.05) is 5.32 Å². The fourth-order valence-electron chi connectivity index (χ4n) is 2.43. The molecule has 0 atom stereocenters. The molecule has 0 aliphatic rings. The summed E-state index contributed by atoms with van der Waals surface area (Å²) in [5.41, 5.74) is -0.723. The van der Waals surface area contributed by atoms with Crippen molar-refractivity contribution in [1.82, 2.24) is 15.2 Å². The molecular weight excluding hydrogens is 350 g/mol. The van der Waals surface area contributed by atoms with Crippen molar-refractivity contribution in [1.29, 1.82) is 0 Å². The largest absolute Gasteiger partial charge is 0.417 e. The molecule has 1 heterocycles. The molecule has 0 bridgehead atoms. The average Bonchev–Trinajstić information content (AvgIpc) is 3.02. The summed E-state index contributed by atoms with van der Waals surface area (Å²) >= 11 is 0. The van der Waals surface area contributed by atoms with E-state index in [2.05, 4.69) is 32.2 Å². The van der Waals surface area contributed by atoms with Gasteiger partial charge in [-0.15, -0.1) is 5.10 Å². The Morgan fingerprint density at radius 1 is 1.15 bits per heavy atom. The van der Waals surface area contributed by atoms with Crippen LogP contribution in [0.3, 0.4) is 0 Å². The first-order valence-corrected chi connectivity index (χ1v) is 7.42. The molecular formula is C17H13F4N5. The molecule has 0 amide bonds. The minimum absolute atomic E-state index is 0.0142. The third kappa shape index (κ3) is 3.56. The Morgan fingerprint density at radius 2 is 1.85 bits per heavy atom. The zero-order valence-corrected chi connectivity index (χ0v) is 13.5. The molecule has 26 heavy (non-hydrogen) atoms. The lowest BCUT2D eigenvalue weighted by molar-refractivity contribution is -0.137. The smallest absolute Gasteiger partial charge is 0.324 e. The van der Waals surface area contributed by atoms with Gasteiger partial charge in [-0.1, -0.05) is 29.8 Å². The number of benzene rings is 2. The van der Waals surface area contributed by atoms with Crippen molar-refractivity contribution in [2.24, 2.45) is 4.99 Å². The van der Waals surface area contributed by atoms with E-state index in [4.69, 9.17) is 0 Å². The number of nitrogens with one attached hydrogen (secondary N) is 2. The third-order valence-corrected chi connectivity index (χ3v) is 3.61. The fraction of sp³-hybridized carbons (Fsp3) is 0.118. The lowest BCUT2D eigenvalue weighted by atomic mass is 9.97. The second-order valence-corrected chi connectivity index (χ2v) is 5.51. The van der Waals surface area contributed by atoms with Crippen LogP contribution in [0.5, 0.6) is 0 Å². The molecule has 0 spiro atoms. The van der Waals surface area contributed by atoms with Gasteiger partial charge in [0.05, 0.1) is 5.56 Å². The summed E-state index contributed by atoms with van der Waals surface area (Å²) < 4.78 is 55.1. The number of hydrogen-bond acceptors (Lipinski definition) is 4. The van der Waals surface area contributed by atoms with Crippen molar-refractivity contribution in [2.45, 2.75) is 13.1 Å². The van der Waals surface area contributed by atoms with Crippen LogP contribution in [0, 0.1) is 12.7 Å². The molecule has 0 fully saturated rings. The van der Waals surface area contributed by atoms with Crippen LogP contribution < -0.4 is 5.32 Å². The predicted molar refractivity (Wildman–Crippen MR) is 90.4 cm³/mol. The third-order valence-electron chi connectivity index (χ3n) is 3.61. The molecule has 2 aromatic carbocycles. The topological polar surface area (TPSA) is 66.0 Å². The molecule has 3 aromatic rings. The zero-order valence-electron chi connectivity index (χ0n) is 13.5. The van der Waals surface area contributed by atoms with Gasteiger partial charge >= 0.3 is 6.18 Å². The summed E-state index contributed by atoms with van der Waals surface area (Å²) in [5.74, 6) is -0.976. The van der Waals surface area contributed by atoms with Crippen LogP contribution in [-0.4, -0.2) is 21.9 Å². The highest BCUT2D eigenvalue weighted by Gasteiger charge is 2.35. The molecule has 5 nitrogen and oxygen atoms in total. The highest BCUT2D eigenvalue weighted by atomic mass is 19.4. The van der Waals surface area contributed by atoms with Gasteiger partial charge < -0.3 is 5.32 Å². The van der Waals surface area contributed by atoms with E-state index in [-0.39, 0.29) is 23.1 Å². The first-order chi connectivity index (χ1) is 12.3. The van der Waals surface area contributed by atoms with Crippen LogP contribution in [0.4, 0.5) is 35.1 Å². The first-order valence-electron chi connectivity index (χ1n) is 7.42. The van der Waals surface area contributed by atoms with Gasteiger partial charge in [0.25, 0.3) is 5.95 Å². The molecule has 3 rings (SSSR count). The molecule has 2 N–H and O–H groups in total. The van der Waals surface area contributed by atoms with E-state index in [0.29, 0.717) is 0 Å². The van der Waals surface area contributed by atoms with Crippen LogP contribution >= 0.6 is 0 Å². The molecule has 0 aliphatic heterocycles.